The van der Waals surface area contributed by atoms with E-state index >= 15 is 0 Å². The van der Waals surface area contributed by atoms with E-state index < -0.39 is 17.8 Å². The van der Waals surface area contributed by atoms with Gasteiger partial charge in [-0.3, -0.25) is 10.1 Å². The van der Waals surface area contributed by atoms with Gasteiger partial charge in [0.25, 0.3) is 0 Å². The number of anilines is 2. The fourth-order valence-electron chi connectivity index (χ4n) is 3.82. The van der Waals surface area contributed by atoms with Crippen molar-refractivity contribution in [3.8, 4) is 11.1 Å². The molecule has 0 fully saturated rings. The summed E-state index contributed by atoms with van der Waals surface area (Å²) >= 11 is 0. The summed E-state index contributed by atoms with van der Waals surface area (Å²) < 4.78 is 43.8. The summed E-state index contributed by atoms with van der Waals surface area (Å²) in [6.45, 7) is 1.41. The molecule has 2 amide bonds. The Kier molecular flexibility index (Phi) is 6.49. The first-order valence-electron chi connectivity index (χ1n) is 10.5. The van der Waals surface area contributed by atoms with Gasteiger partial charge in [-0.2, -0.15) is 13.2 Å². The molecule has 0 radical (unpaired) electrons. The molecular formula is C24H21F3N4O3. The van der Waals surface area contributed by atoms with E-state index in [1.165, 1.54) is 24.6 Å². The molecule has 1 aromatic heterocycles. The number of urea groups is 1. The molecule has 34 heavy (non-hydrogen) atoms. The first kappa shape index (κ1) is 23.2. The van der Waals surface area contributed by atoms with Gasteiger partial charge in [0.15, 0.2) is 0 Å². The normalized spacial score (nSPS) is 15.2. The number of ether oxygens (including phenoxy) is 1. The van der Waals surface area contributed by atoms with Gasteiger partial charge in [-0.1, -0.05) is 24.3 Å². The zero-order valence-electron chi connectivity index (χ0n) is 18.1. The van der Waals surface area contributed by atoms with Crippen LogP contribution in [0.5, 0.6) is 0 Å². The first-order valence-corrected chi connectivity index (χ1v) is 10.5. The van der Waals surface area contributed by atoms with Crippen LogP contribution in [0.25, 0.3) is 11.1 Å². The molecule has 1 heterocycles. The average molecular weight is 470 g/mol. The van der Waals surface area contributed by atoms with Crippen molar-refractivity contribution >= 4 is 23.6 Å². The third-order valence-corrected chi connectivity index (χ3v) is 5.38. The molecule has 176 valence electrons. The van der Waals surface area contributed by atoms with Crippen LogP contribution >= 0.6 is 0 Å². The van der Waals surface area contributed by atoms with Crippen LogP contribution in [-0.4, -0.2) is 28.1 Å². The smallest absolute Gasteiger partial charge is 0.416 e. The van der Waals surface area contributed by atoms with Crippen LogP contribution < -0.4 is 10.6 Å². The molecule has 1 aliphatic carbocycles. The minimum absolute atomic E-state index is 0.00561. The maximum absolute atomic E-state index is 12.8. The molecule has 0 saturated carbocycles. The van der Waals surface area contributed by atoms with Gasteiger partial charge in [-0.05, 0) is 47.7 Å². The fraction of sp³-hybridized carbons (Fsp3) is 0.250. The van der Waals surface area contributed by atoms with Crippen molar-refractivity contribution in [3.63, 3.8) is 0 Å². The van der Waals surface area contributed by atoms with E-state index in [4.69, 9.17) is 4.74 Å². The van der Waals surface area contributed by atoms with E-state index in [-0.39, 0.29) is 23.7 Å². The summed E-state index contributed by atoms with van der Waals surface area (Å²) in [4.78, 5) is 31.6. The highest BCUT2D eigenvalue weighted by atomic mass is 19.4. The Balaban J connectivity index is 1.39. The second-order valence-corrected chi connectivity index (χ2v) is 7.91. The van der Waals surface area contributed by atoms with Gasteiger partial charge in [-0.15, -0.1) is 0 Å². The van der Waals surface area contributed by atoms with Gasteiger partial charge in [0.05, 0.1) is 5.56 Å². The van der Waals surface area contributed by atoms with Gasteiger partial charge in [0.2, 0.25) is 5.95 Å². The van der Waals surface area contributed by atoms with Crippen molar-refractivity contribution in [2.24, 2.45) is 0 Å². The van der Waals surface area contributed by atoms with Gasteiger partial charge in [-0.25, -0.2) is 14.8 Å². The summed E-state index contributed by atoms with van der Waals surface area (Å²) in [6.07, 6.45) is 0.724. The number of carbonyl (C=O) groups is 2. The van der Waals surface area contributed by atoms with Crippen molar-refractivity contribution in [1.82, 2.24) is 9.97 Å². The summed E-state index contributed by atoms with van der Waals surface area (Å²) in [5.41, 5.74) is 3.08. The molecule has 1 aliphatic rings. The Morgan fingerprint density at radius 3 is 2.47 bits per heavy atom. The van der Waals surface area contributed by atoms with Gasteiger partial charge in [0, 0.05) is 37.0 Å². The first-order chi connectivity index (χ1) is 16.2. The number of hydrogen-bond donors (Lipinski definition) is 2. The van der Waals surface area contributed by atoms with Gasteiger partial charge < -0.3 is 10.1 Å². The van der Waals surface area contributed by atoms with Crippen molar-refractivity contribution in [1.29, 1.82) is 0 Å². The minimum atomic E-state index is -4.51. The standard InChI is InChI=1S/C24H21F3N4O3/c1-14(32)34-21-8-7-15-9-16(5-6-17(15)10-21)18-12-28-22(29-13-18)31-23(33)30-20-4-2-3-19(11-20)24(25,26)27/h2-6,9,11-13,21H,7-8,10H2,1H3,(H2,28,29,30,31,33). The number of halogens is 3. The molecule has 7 nitrogen and oxygen atoms in total. The summed E-state index contributed by atoms with van der Waals surface area (Å²) in [5, 5.41) is 4.74. The molecule has 10 heteroatoms. The maximum atomic E-state index is 12.8. The van der Waals surface area contributed by atoms with Crippen LogP contribution in [0.4, 0.5) is 29.6 Å². The van der Waals surface area contributed by atoms with Crippen LogP contribution in [0.3, 0.4) is 0 Å². The minimum Gasteiger partial charge on any atom is -0.462 e. The molecule has 0 aliphatic heterocycles. The topological polar surface area (TPSA) is 93.2 Å². The fourth-order valence-corrected chi connectivity index (χ4v) is 3.82. The number of aryl methyl sites for hydroxylation is 1. The molecule has 2 N–H and O–H groups in total. The lowest BCUT2D eigenvalue weighted by atomic mass is 9.88. The lowest BCUT2D eigenvalue weighted by Crippen LogP contribution is -2.24. The predicted octanol–water partition coefficient (Wildman–Crippen LogP) is 5.23. The summed E-state index contributed by atoms with van der Waals surface area (Å²) in [7, 11) is 0. The van der Waals surface area contributed by atoms with Crippen molar-refractivity contribution in [2.75, 3.05) is 10.6 Å². The zero-order chi connectivity index (χ0) is 24.3. The molecule has 1 unspecified atom stereocenters. The molecule has 1 atom stereocenters. The van der Waals surface area contributed by atoms with E-state index in [0.717, 1.165) is 41.7 Å². The number of carbonyl (C=O) groups excluding carboxylic acids is 2. The van der Waals surface area contributed by atoms with E-state index in [1.807, 2.05) is 18.2 Å². The van der Waals surface area contributed by atoms with Gasteiger partial charge in [0.1, 0.15) is 6.10 Å². The Labute approximate surface area is 193 Å². The number of benzene rings is 2. The van der Waals surface area contributed by atoms with Crippen LogP contribution in [0.2, 0.25) is 0 Å². The van der Waals surface area contributed by atoms with Crippen LogP contribution in [0.1, 0.15) is 30.0 Å². The Morgan fingerprint density at radius 2 is 1.76 bits per heavy atom. The van der Waals surface area contributed by atoms with Crippen LogP contribution in [-0.2, 0) is 28.5 Å². The van der Waals surface area contributed by atoms with E-state index in [2.05, 4.69) is 20.6 Å². The predicted molar refractivity (Wildman–Crippen MR) is 119 cm³/mol. The number of aromatic nitrogens is 2. The number of nitrogens with one attached hydrogen (secondary N) is 2. The molecule has 0 bridgehead atoms. The van der Waals surface area contributed by atoms with Gasteiger partial charge >= 0.3 is 18.2 Å². The molecule has 0 spiro atoms. The van der Waals surface area contributed by atoms with Crippen LogP contribution in [0.15, 0.2) is 54.9 Å². The molecule has 3 aromatic rings. The Bertz CT molecular complexity index is 1210. The lowest BCUT2D eigenvalue weighted by molar-refractivity contribution is -0.146. The highest BCUT2D eigenvalue weighted by Crippen LogP contribution is 2.31. The molecule has 0 saturated heterocycles. The van der Waals surface area contributed by atoms with E-state index in [1.54, 1.807) is 12.4 Å². The highest BCUT2D eigenvalue weighted by Gasteiger charge is 2.30. The van der Waals surface area contributed by atoms with E-state index in [9.17, 15) is 22.8 Å². The largest absolute Gasteiger partial charge is 0.462 e. The number of amides is 2. The number of fused-ring (bicyclic) bond motifs is 1. The second-order valence-electron chi connectivity index (χ2n) is 7.91. The van der Waals surface area contributed by atoms with Crippen LogP contribution in [0, 0.1) is 0 Å². The highest BCUT2D eigenvalue weighted by molar-refractivity contribution is 5.98. The van der Waals surface area contributed by atoms with Crippen molar-refractivity contribution in [2.45, 2.75) is 38.5 Å². The number of rotatable bonds is 4. The maximum Gasteiger partial charge on any atom is 0.416 e. The number of alkyl halides is 3. The Hall–Kier alpha value is -3.95. The van der Waals surface area contributed by atoms with Crippen molar-refractivity contribution in [3.05, 3.63) is 71.5 Å². The lowest BCUT2D eigenvalue weighted by Gasteiger charge is -2.24. The van der Waals surface area contributed by atoms with E-state index in [0.29, 0.717) is 6.42 Å². The number of nitrogens with zero attached hydrogens (tertiary/aromatic N) is 2. The number of esters is 1. The monoisotopic (exact) mass is 470 g/mol. The SMILES string of the molecule is CC(=O)OC1CCc2cc(-c3cnc(NC(=O)Nc4cccc(C(F)(F)F)c4)nc3)ccc2C1. The number of hydrogen-bond acceptors (Lipinski definition) is 5. The zero-order valence-corrected chi connectivity index (χ0v) is 18.1. The molecule has 2 aromatic carbocycles. The van der Waals surface area contributed by atoms with Crippen molar-refractivity contribution < 1.29 is 27.5 Å². The Morgan fingerprint density at radius 1 is 1.00 bits per heavy atom. The average Bonchev–Trinajstić information content (AvgIpc) is 2.78. The second kappa shape index (κ2) is 9.50. The molecule has 4 rings (SSSR count). The summed E-state index contributed by atoms with van der Waals surface area (Å²) in [6, 6.07) is 9.53. The third kappa shape index (κ3) is 5.69. The quantitative estimate of drug-likeness (QED) is 0.510. The third-order valence-electron chi connectivity index (χ3n) is 5.38. The molecular weight excluding hydrogens is 449 g/mol. The summed E-state index contributed by atoms with van der Waals surface area (Å²) in [5.74, 6) is -0.269.